The molecule has 1 N–H and O–H groups in total. The Morgan fingerprint density at radius 3 is 2.46 bits per heavy atom. The number of piperidine rings is 1. The van der Waals surface area contributed by atoms with E-state index in [4.69, 9.17) is 14.5 Å². The maximum Gasteiger partial charge on any atom is 0.410 e. The molecule has 9 nitrogen and oxygen atoms in total. The van der Waals surface area contributed by atoms with Crippen molar-refractivity contribution in [3.8, 4) is 0 Å². The topological polar surface area (TPSA) is 101 Å². The minimum atomic E-state index is -0.289. The number of carbonyl (C=O) groups is 3. The van der Waals surface area contributed by atoms with Gasteiger partial charge in [0.2, 0.25) is 0 Å². The third-order valence-electron chi connectivity index (χ3n) is 7.33. The number of likely N-dealkylation sites (tertiary alicyclic amines) is 1. The first-order valence-corrected chi connectivity index (χ1v) is 13.4. The molecule has 1 saturated carbocycles. The minimum absolute atomic E-state index is 0.00307. The standard InChI is InChI=1S/C25H36N4O5S/c1-3-16-34-25(32)29-14-10-20-21(11-15-29)35-22(27-20)17-8-12-28(13-9-17)24(31)26-19-6-4-18(5-7-19)23(30)33-2/h3,17-19H,1,4-16H2,2H3,(H,26,31). The summed E-state index contributed by atoms with van der Waals surface area (Å²) in [4.78, 5) is 46.5. The highest BCUT2D eigenvalue weighted by molar-refractivity contribution is 7.11. The van der Waals surface area contributed by atoms with E-state index in [1.807, 2.05) is 4.90 Å². The SMILES string of the molecule is C=CCOC(=O)N1CCc2nc(C3CCN(C(=O)NC4CCC(C(=O)OC)CC4)CC3)sc2CC1. The maximum atomic E-state index is 12.8. The summed E-state index contributed by atoms with van der Waals surface area (Å²) in [6.07, 6.45) is 7.82. The van der Waals surface area contributed by atoms with E-state index in [1.54, 1.807) is 22.3 Å². The van der Waals surface area contributed by atoms with Crippen molar-refractivity contribution in [2.45, 2.75) is 63.3 Å². The van der Waals surface area contributed by atoms with Crippen LogP contribution >= 0.6 is 11.3 Å². The van der Waals surface area contributed by atoms with Gasteiger partial charge in [0.05, 0.1) is 23.7 Å². The molecule has 3 aliphatic rings. The Morgan fingerprint density at radius 1 is 1.06 bits per heavy atom. The molecule has 0 atom stereocenters. The molecule has 0 bridgehead atoms. The zero-order valence-electron chi connectivity index (χ0n) is 20.5. The number of urea groups is 1. The van der Waals surface area contributed by atoms with Gasteiger partial charge < -0.3 is 24.6 Å². The fourth-order valence-corrected chi connectivity index (χ4v) is 6.47. The first kappa shape index (κ1) is 25.5. The van der Waals surface area contributed by atoms with E-state index in [0.29, 0.717) is 19.0 Å². The number of methoxy groups -OCH3 is 1. The number of amides is 3. The molecule has 1 saturated heterocycles. The van der Waals surface area contributed by atoms with E-state index in [1.165, 1.54) is 17.0 Å². The molecule has 0 aromatic carbocycles. The molecular weight excluding hydrogens is 468 g/mol. The van der Waals surface area contributed by atoms with Crippen LogP contribution in [0, 0.1) is 5.92 Å². The second-order valence-electron chi connectivity index (χ2n) is 9.56. The Bertz CT molecular complexity index is 893. The minimum Gasteiger partial charge on any atom is -0.469 e. The third kappa shape index (κ3) is 6.34. The number of nitrogens with one attached hydrogen (secondary N) is 1. The van der Waals surface area contributed by atoms with Gasteiger partial charge in [-0.15, -0.1) is 11.3 Å². The molecule has 2 fully saturated rings. The summed E-state index contributed by atoms with van der Waals surface area (Å²) in [6, 6.07) is 0.132. The Balaban J connectivity index is 1.22. The summed E-state index contributed by atoms with van der Waals surface area (Å²) in [7, 11) is 1.43. The lowest BCUT2D eigenvalue weighted by atomic mass is 9.86. The molecule has 2 aliphatic heterocycles. The monoisotopic (exact) mass is 504 g/mol. The van der Waals surface area contributed by atoms with Gasteiger partial charge in [0.15, 0.2) is 0 Å². The number of ether oxygens (including phenoxy) is 2. The Morgan fingerprint density at radius 2 is 1.77 bits per heavy atom. The predicted octanol–water partition coefficient (Wildman–Crippen LogP) is 3.49. The average molecular weight is 505 g/mol. The van der Waals surface area contributed by atoms with Crippen molar-refractivity contribution in [1.29, 1.82) is 0 Å². The van der Waals surface area contributed by atoms with Gasteiger partial charge in [0.25, 0.3) is 0 Å². The van der Waals surface area contributed by atoms with Crippen molar-refractivity contribution >= 4 is 29.4 Å². The second kappa shape index (κ2) is 11.9. The second-order valence-corrected chi connectivity index (χ2v) is 10.7. The third-order valence-corrected chi connectivity index (χ3v) is 8.65. The van der Waals surface area contributed by atoms with Crippen molar-refractivity contribution in [2.24, 2.45) is 5.92 Å². The van der Waals surface area contributed by atoms with Crippen LogP contribution in [0.4, 0.5) is 9.59 Å². The summed E-state index contributed by atoms with van der Waals surface area (Å²) < 4.78 is 10.0. The van der Waals surface area contributed by atoms with Gasteiger partial charge in [-0.3, -0.25) is 4.79 Å². The van der Waals surface area contributed by atoms with Crippen molar-refractivity contribution in [1.82, 2.24) is 20.1 Å². The van der Waals surface area contributed by atoms with E-state index in [2.05, 4.69) is 11.9 Å². The summed E-state index contributed by atoms with van der Waals surface area (Å²) in [5.41, 5.74) is 1.10. The smallest absolute Gasteiger partial charge is 0.410 e. The lowest BCUT2D eigenvalue weighted by Crippen LogP contribution is -2.48. The molecule has 35 heavy (non-hydrogen) atoms. The van der Waals surface area contributed by atoms with E-state index in [9.17, 15) is 14.4 Å². The van der Waals surface area contributed by atoms with Crippen LogP contribution in [0.3, 0.4) is 0 Å². The van der Waals surface area contributed by atoms with Crippen LogP contribution < -0.4 is 5.32 Å². The van der Waals surface area contributed by atoms with E-state index in [0.717, 1.165) is 70.2 Å². The quantitative estimate of drug-likeness (QED) is 0.487. The van der Waals surface area contributed by atoms with Gasteiger partial charge in [-0.05, 0) is 38.5 Å². The van der Waals surface area contributed by atoms with Crippen LogP contribution in [0.1, 0.15) is 60.0 Å². The predicted molar refractivity (Wildman–Crippen MR) is 132 cm³/mol. The van der Waals surface area contributed by atoms with Crippen molar-refractivity contribution in [2.75, 3.05) is 39.9 Å². The van der Waals surface area contributed by atoms with Gasteiger partial charge >= 0.3 is 18.1 Å². The lowest BCUT2D eigenvalue weighted by molar-refractivity contribution is -0.146. The number of aromatic nitrogens is 1. The van der Waals surface area contributed by atoms with Crippen LogP contribution in [0.15, 0.2) is 12.7 Å². The first-order chi connectivity index (χ1) is 17.0. The van der Waals surface area contributed by atoms with Crippen LogP contribution in [-0.4, -0.2) is 78.8 Å². The van der Waals surface area contributed by atoms with E-state index in [-0.39, 0.29) is 36.7 Å². The molecule has 0 unspecified atom stereocenters. The van der Waals surface area contributed by atoms with Crippen molar-refractivity contribution in [3.63, 3.8) is 0 Å². The molecule has 192 valence electrons. The van der Waals surface area contributed by atoms with Crippen LogP contribution in [-0.2, 0) is 27.1 Å². The maximum absolute atomic E-state index is 12.8. The Hall–Kier alpha value is -2.62. The highest BCUT2D eigenvalue weighted by Gasteiger charge is 2.31. The number of hydrogen-bond acceptors (Lipinski definition) is 7. The van der Waals surface area contributed by atoms with Crippen LogP contribution in [0.25, 0.3) is 0 Å². The molecule has 10 heteroatoms. The van der Waals surface area contributed by atoms with Crippen molar-refractivity contribution < 1.29 is 23.9 Å². The number of nitrogens with zero attached hydrogens (tertiary/aromatic N) is 3. The Labute approximate surface area is 210 Å². The normalized spacial score (nSPS) is 23.1. The number of carbonyl (C=O) groups excluding carboxylic acids is 3. The molecule has 0 spiro atoms. The van der Waals surface area contributed by atoms with Gasteiger partial charge in [-0.25, -0.2) is 14.6 Å². The summed E-state index contributed by atoms with van der Waals surface area (Å²) >= 11 is 1.77. The number of rotatable bonds is 5. The molecule has 1 aliphatic carbocycles. The highest BCUT2D eigenvalue weighted by atomic mass is 32.1. The summed E-state index contributed by atoms with van der Waals surface area (Å²) in [5.74, 6) is 0.200. The van der Waals surface area contributed by atoms with Crippen LogP contribution in [0.2, 0.25) is 0 Å². The lowest BCUT2D eigenvalue weighted by Gasteiger charge is -2.34. The zero-order chi connectivity index (χ0) is 24.8. The van der Waals surface area contributed by atoms with Crippen LogP contribution in [0.5, 0.6) is 0 Å². The largest absolute Gasteiger partial charge is 0.469 e. The number of thiazole rings is 1. The average Bonchev–Trinajstić information content (AvgIpc) is 3.19. The van der Waals surface area contributed by atoms with Gasteiger partial charge in [-0.1, -0.05) is 12.7 Å². The number of hydrogen-bond donors (Lipinski definition) is 1. The number of esters is 1. The molecule has 1 aromatic rings. The fourth-order valence-electron chi connectivity index (χ4n) is 5.20. The van der Waals surface area contributed by atoms with Gasteiger partial charge in [0, 0.05) is 55.9 Å². The van der Waals surface area contributed by atoms with Crippen molar-refractivity contribution in [3.05, 3.63) is 28.2 Å². The fraction of sp³-hybridized carbons (Fsp3) is 0.680. The molecule has 3 heterocycles. The van der Waals surface area contributed by atoms with Gasteiger partial charge in [-0.2, -0.15) is 0 Å². The molecule has 3 amide bonds. The highest BCUT2D eigenvalue weighted by Crippen LogP contribution is 2.34. The Kier molecular flexibility index (Phi) is 8.64. The molecule has 1 aromatic heterocycles. The van der Waals surface area contributed by atoms with E-state index < -0.39 is 0 Å². The first-order valence-electron chi connectivity index (χ1n) is 12.6. The van der Waals surface area contributed by atoms with E-state index >= 15 is 0 Å². The summed E-state index contributed by atoms with van der Waals surface area (Å²) in [5, 5.41) is 4.33. The molecule has 0 radical (unpaired) electrons. The van der Waals surface area contributed by atoms with Gasteiger partial charge in [0.1, 0.15) is 6.61 Å². The number of fused-ring (bicyclic) bond motifs is 1. The summed E-state index contributed by atoms with van der Waals surface area (Å²) in [6.45, 7) is 6.52. The molecular formula is C25H36N4O5S. The zero-order valence-corrected chi connectivity index (χ0v) is 21.3. The molecule has 4 rings (SSSR count).